The van der Waals surface area contributed by atoms with Gasteiger partial charge in [-0.2, -0.15) is 0 Å². The van der Waals surface area contributed by atoms with E-state index in [2.05, 4.69) is 0 Å². The van der Waals surface area contributed by atoms with E-state index in [9.17, 15) is 0 Å². The first kappa shape index (κ1) is 5100. The van der Waals surface area contributed by atoms with E-state index < -0.39 is 0 Å². The van der Waals surface area contributed by atoms with Gasteiger partial charge in [-0.3, -0.25) is 0 Å². The van der Waals surface area contributed by atoms with E-state index in [1.54, 1.807) is 0 Å². The molecular formula is C2NO2. The van der Waals surface area contributed by atoms with E-state index in [1.807, 2.05) is 0 Å². The summed E-state index contributed by atoms with van der Waals surface area (Å²) in [6.45, 7) is 0. The van der Waals surface area contributed by atoms with Crippen molar-refractivity contribution in [3.63, 3.8) is 0 Å². The van der Waals surface area contributed by atoms with Crippen molar-refractivity contribution in [2.24, 2.45) is 0 Å². The molecule has 0 atom stereocenters. The zero-order chi connectivity index (χ0) is 0. The van der Waals surface area contributed by atoms with E-state index in [0.29, 0.717) is 0 Å². The first-order chi connectivity index (χ1) is 0. The lowest BCUT2D eigenvalue weighted by molar-refractivity contribution is 0.685. The van der Waals surface area contributed by atoms with Crippen LogP contribution >= 0.6 is 0 Å². The molecule has 0 aliphatic heterocycles. The Labute approximate surface area is 33.2 Å². The molecule has 0 rings (SSSR count). The van der Waals surface area contributed by atoms with Gasteiger partial charge in [0.1, 0.15) is 0 Å². The summed E-state index contributed by atoms with van der Waals surface area (Å²) < 4.78 is 0. The zero-order valence-corrected chi connectivity index (χ0v) is 2.26. The topological polar surface area (TPSA) is 87.5 Å². The molecule has 0 heterocycles. The Hall–Kier alpha value is -0.120. The van der Waals surface area contributed by atoms with Gasteiger partial charge in [0.2, 0.25) is 0 Å². The van der Waals surface area contributed by atoms with Crippen molar-refractivity contribution in [1.82, 2.24) is 6.15 Å². The molecule has 5 heavy (non-hydrogen) atoms. The Morgan fingerprint density at radius 1 is 0.600 bits per heavy atom. The third-order valence-corrected chi connectivity index (χ3v) is 0. The predicted octanol–water partition coefficient (Wildman–Crippen LogP) is -0.556. The van der Waals surface area contributed by atoms with Gasteiger partial charge in [0.05, 0.1) is 0 Å². The maximum absolute atomic E-state index is 0. The third-order valence-electron chi connectivity index (χ3n) is 0. The summed E-state index contributed by atoms with van der Waals surface area (Å²) in [5, 5.41) is 0. The van der Waals surface area contributed by atoms with E-state index in [4.69, 9.17) is 0 Å². The lowest BCUT2D eigenvalue weighted by Crippen LogP contribution is -0.481. The van der Waals surface area contributed by atoms with Crippen LogP contribution in [-0.4, -0.2) is 0 Å². The minimum absolute atomic E-state index is 0. The number of hydrogen-bond acceptors (Lipinski definition) is 0. The van der Waals surface area contributed by atoms with Gasteiger partial charge in [-0.15, -0.1) is 0 Å². The van der Waals surface area contributed by atoms with E-state index in [-0.39, 0.29) is 32.0 Å². The highest BCUT2D eigenvalue weighted by Gasteiger charge is 0.00400. The van der Waals surface area contributed by atoms with Gasteiger partial charge in [-0.25, -0.2) is 0 Å². The molecule has 0 bridgehead atoms. The van der Waals surface area contributed by atoms with Crippen LogP contribution in [0.1, 0.15) is 0 Å². The van der Waals surface area contributed by atoms with Crippen molar-refractivity contribution in [2.75, 3.05) is 0 Å². The Morgan fingerprint density at radius 2 is 0.600 bits per heavy atom. The van der Waals surface area contributed by atoms with E-state index >= 15 is 0 Å². The molecule has 0 aromatic carbocycles. The van der Waals surface area contributed by atoms with Crippen LogP contribution < -0.4 is 6.15 Å². The molecule has 0 saturated carbocycles. The van der Waals surface area contributed by atoms with Crippen LogP contribution in [0.2, 0.25) is 0 Å². The summed E-state index contributed by atoms with van der Waals surface area (Å²) in [7, 11) is 0. The molecule has 0 aliphatic rings. The van der Waals surface area contributed by atoms with Crippen LogP contribution in [0.15, 0.2) is 0 Å². The molecule has 15 radical (unpaired) electrons. The Balaban J connectivity index is 0. The number of hydrogen-bond donors (Lipinski definition) is 0. The quantitative estimate of drug-likeness (QED) is 0.366. The molecule has 0 amide bonds. The summed E-state index contributed by atoms with van der Waals surface area (Å²) >= 11 is 0. The van der Waals surface area contributed by atoms with Crippen molar-refractivity contribution < 1.29 is 11.0 Å². The van der Waals surface area contributed by atoms with Crippen molar-refractivity contribution >= 4 is 0 Å². The van der Waals surface area contributed by atoms with Crippen LogP contribution in [0.25, 0.3) is 0 Å². The standard InChI is InChI=1S/2C.N.2O. The molecule has 3 heteroatoms. The Kier molecular flexibility index (Phi) is 2280000. The first-order valence-electron chi connectivity index (χ1n) is 0. The SMILES string of the molecule is [C].[C].[N].[O].[O]. The highest BCUT2D eigenvalue weighted by molar-refractivity contribution is 3.24. The maximum atomic E-state index is 0. The van der Waals surface area contributed by atoms with Crippen LogP contribution in [0.3, 0.4) is 0 Å². The fraction of sp³-hybridized carbons (Fsp3) is 0. The molecule has 0 aromatic rings. The van der Waals surface area contributed by atoms with Gasteiger partial charge >= 0.3 is 0 Å². The van der Waals surface area contributed by atoms with Crippen LogP contribution in [0.5, 0.6) is 0 Å². The average molecular weight is 70.0 g/mol. The molecule has 0 fully saturated rings. The summed E-state index contributed by atoms with van der Waals surface area (Å²) in [4.78, 5) is 0. The van der Waals surface area contributed by atoms with Crippen molar-refractivity contribution in [2.45, 2.75) is 0 Å². The number of rotatable bonds is 0. The average Bonchev–Trinajstić information content (AvgIpc) is 0. The van der Waals surface area contributed by atoms with Crippen LogP contribution in [-0.2, 0) is 11.0 Å². The van der Waals surface area contributed by atoms with Gasteiger partial charge in [0, 0.05) is 32.0 Å². The molecule has 3 nitrogen and oxygen atoms in total. The molecule has 0 aromatic heterocycles. The fourth-order valence-corrected chi connectivity index (χ4v) is 0. The van der Waals surface area contributed by atoms with Gasteiger partial charge < -0.3 is 0 Å². The molecule has 0 unspecified atom stereocenters. The highest BCUT2D eigenvalue weighted by Crippen LogP contribution is 0.0823. The summed E-state index contributed by atoms with van der Waals surface area (Å²) in [5.41, 5.74) is 0. The predicted molar refractivity (Wildman–Crippen MR) is 9.99 cm³/mol. The van der Waals surface area contributed by atoms with Gasteiger partial charge in [-0.1, -0.05) is 0 Å². The largest absolute Gasteiger partial charge is 0 e. The minimum Gasteiger partial charge on any atom is 0 e. The van der Waals surface area contributed by atoms with Crippen molar-refractivity contribution in [1.29, 1.82) is 0 Å². The summed E-state index contributed by atoms with van der Waals surface area (Å²) in [6, 6.07) is 0. The molecule has 0 saturated heterocycles. The highest BCUT2D eigenvalue weighted by atomic mass is 16.0. The van der Waals surface area contributed by atoms with Crippen molar-refractivity contribution in [3.8, 4) is 0 Å². The number of nitrogens with zero attached hydrogens (tertiary/aromatic N) is 1. The zero-order valence-electron chi connectivity index (χ0n) is 2.26. The van der Waals surface area contributed by atoms with Gasteiger partial charge in [-0.05, 0) is 0 Å². The van der Waals surface area contributed by atoms with E-state index in [1.165, 1.54) is 0 Å². The second kappa shape index (κ2) is 2230. The molecule has 0 spiro atoms. The van der Waals surface area contributed by atoms with E-state index in [0.717, 1.165) is 0 Å². The van der Waals surface area contributed by atoms with Gasteiger partial charge in [0.15, 0.2) is 0 Å². The molecule has 0 aliphatic carbocycles. The second-order valence-electron chi connectivity index (χ2n) is 0. The van der Waals surface area contributed by atoms with Crippen LogP contribution in [0, 0.1) is 14.9 Å². The lowest BCUT2D eigenvalue weighted by atomic mass is 12.0. The smallest absolute Gasteiger partial charge is 0 e. The molecule has 25 valence electrons. The first-order valence-corrected chi connectivity index (χ1v) is 0. The summed E-state index contributed by atoms with van der Waals surface area (Å²) in [5.74, 6) is 0. The Morgan fingerprint density at radius 3 is 0.600 bits per heavy atom. The monoisotopic (exact) mass is 70.0 g/mol. The summed E-state index contributed by atoms with van der Waals surface area (Å²) in [6.07, 6.45) is 0. The normalized spacial score (nSPS) is 0. The van der Waals surface area contributed by atoms with Crippen LogP contribution in [0.4, 0.5) is 0 Å². The van der Waals surface area contributed by atoms with Crippen molar-refractivity contribution in [3.05, 3.63) is 14.9 Å². The lowest BCUT2D eigenvalue weighted by Gasteiger charge is -0.00100. The molecular weight excluding hydrogens is 70.0 g/mol. The van der Waals surface area contributed by atoms with Gasteiger partial charge in [0.25, 0.3) is 0 Å². The maximum Gasteiger partial charge on any atom is 0 e. The molecule has 0 N–H and O–H groups in total. The third kappa shape index (κ3) is 952. The Bertz CT molecular complexity index is 7.61. The second-order valence-corrected chi connectivity index (χ2v) is 0. The fourth-order valence-electron chi connectivity index (χ4n) is 0. The minimum atomic E-state index is 0.